The van der Waals surface area contributed by atoms with Crippen molar-refractivity contribution >= 4 is 34.0 Å². The minimum absolute atomic E-state index is 0. The van der Waals surface area contributed by atoms with Crippen molar-refractivity contribution in [2.45, 2.75) is 12.3 Å². The number of hydrogen-bond acceptors (Lipinski definition) is 3. The monoisotopic (exact) mass is 362 g/mol. The fraction of sp³-hybridized carbons (Fsp3) is 0.455. The summed E-state index contributed by atoms with van der Waals surface area (Å²) >= 11 is 2.97. The van der Waals surface area contributed by atoms with Crippen molar-refractivity contribution in [2.75, 3.05) is 26.4 Å². The predicted molar refractivity (Wildman–Crippen MR) is 74.3 cm³/mol. The highest BCUT2D eigenvalue weighted by molar-refractivity contribution is 9.10. The van der Waals surface area contributed by atoms with E-state index in [1.165, 1.54) is 6.07 Å². The summed E-state index contributed by atoms with van der Waals surface area (Å²) in [5, 5.41) is 9.83. The van der Waals surface area contributed by atoms with Crippen molar-refractivity contribution in [2.24, 2.45) is 0 Å². The van der Waals surface area contributed by atoms with E-state index >= 15 is 0 Å². The Morgan fingerprint density at radius 2 is 1.89 bits per heavy atom. The van der Waals surface area contributed by atoms with Crippen molar-refractivity contribution in [1.82, 2.24) is 4.90 Å². The lowest BCUT2D eigenvalue weighted by Crippen LogP contribution is -2.21. The molecule has 1 aromatic carbocycles. The van der Waals surface area contributed by atoms with Crippen LogP contribution >= 0.6 is 28.3 Å². The van der Waals surface area contributed by atoms with Gasteiger partial charge in [-0.25, -0.2) is 0 Å². The summed E-state index contributed by atoms with van der Waals surface area (Å²) in [4.78, 5) is 1.68. The third kappa shape index (κ3) is 4.83. The number of anilines is 1. The molecule has 0 aliphatic rings. The zero-order valence-corrected chi connectivity index (χ0v) is 12.7. The summed E-state index contributed by atoms with van der Waals surface area (Å²) in [5.74, 6) is 0. The molecule has 3 nitrogen and oxygen atoms in total. The standard InChI is InChI=1S/C11H14BrF3N2O.ClH/c1-17(2)5-9(18)6-3-7(11(13,14)15)10(16)8(12)4-6;/h3-4,9,18H,5,16H2,1-2H3;1H. The molecule has 0 aromatic heterocycles. The van der Waals surface area contributed by atoms with Crippen LogP contribution < -0.4 is 5.73 Å². The minimum atomic E-state index is -4.54. The maximum absolute atomic E-state index is 12.7. The molecule has 1 rings (SSSR count). The molecule has 0 aliphatic heterocycles. The number of nitrogen functional groups attached to an aromatic ring is 1. The summed E-state index contributed by atoms with van der Waals surface area (Å²) in [7, 11) is 3.44. The maximum Gasteiger partial charge on any atom is 0.418 e. The Hall–Kier alpha value is -0.500. The number of nitrogens with zero attached hydrogens (tertiary/aromatic N) is 1. The molecule has 0 heterocycles. The largest absolute Gasteiger partial charge is 0.418 e. The van der Waals surface area contributed by atoms with E-state index in [0.29, 0.717) is 0 Å². The molecule has 0 bridgehead atoms. The molecule has 0 saturated carbocycles. The third-order valence-corrected chi connectivity index (χ3v) is 3.04. The van der Waals surface area contributed by atoms with Crippen LogP contribution in [0.25, 0.3) is 0 Å². The van der Waals surface area contributed by atoms with Crippen LogP contribution in [0.4, 0.5) is 18.9 Å². The Kier molecular flexibility index (Phi) is 6.61. The van der Waals surface area contributed by atoms with E-state index in [1.807, 2.05) is 0 Å². The summed E-state index contributed by atoms with van der Waals surface area (Å²) < 4.78 is 38.4. The van der Waals surface area contributed by atoms with Crippen molar-refractivity contribution in [3.05, 3.63) is 27.7 Å². The van der Waals surface area contributed by atoms with E-state index < -0.39 is 17.8 Å². The molecule has 0 amide bonds. The van der Waals surface area contributed by atoms with E-state index in [0.717, 1.165) is 6.07 Å². The number of hydrogen-bond donors (Lipinski definition) is 2. The lowest BCUT2D eigenvalue weighted by Gasteiger charge is -2.19. The van der Waals surface area contributed by atoms with E-state index in [9.17, 15) is 18.3 Å². The van der Waals surface area contributed by atoms with Crippen LogP contribution in [0.15, 0.2) is 16.6 Å². The van der Waals surface area contributed by atoms with Gasteiger partial charge in [-0.15, -0.1) is 12.4 Å². The number of alkyl halides is 3. The Balaban J connectivity index is 0.00000324. The van der Waals surface area contributed by atoms with Crippen molar-refractivity contribution < 1.29 is 18.3 Å². The first kappa shape index (κ1) is 18.5. The molecule has 0 fully saturated rings. The summed E-state index contributed by atoms with van der Waals surface area (Å²) in [5.41, 5.74) is 4.25. The van der Waals surface area contributed by atoms with Crippen molar-refractivity contribution in [1.29, 1.82) is 0 Å². The first-order valence-electron chi connectivity index (χ1n) is 5.12. The highest BCUT2D eigenvalue weighted by Crippen LogP contribution is 2.39. The quantitative estimate of drug-likeness (QED) is 0.812. The first-order valence-corrected chi connectivity index (χ1v) is 5.91. The zero-order chi connectivity index (χ0) is 14.1. The molecular weight excluding hydrogens is 348 g/mol. The smallest absolute Gasteiger partial charge is 0.397 e. The fourth-order valence-corrected chi connectivity index (χ4v) is 1.99. The molecular formula is C11H15BrClF3N2O. The Morgan fingerprint density at radius 1 is 1.37 bits per heavy atom. The van der Waals surface area contributed by atoms with Crippen LogP contribution in [0.2, 0.25) is 0 Å². The number of halogens is 5. The highest BCUT2D eigenvalue weighted by Gasteiger charge is 2.34. The molecule has 19 heavy (non-hydrogen) atoms. The SMILES string of the molecule is CN(C)CC(O)c1cc(Br)c(N)c(C(F)(F)F)c1.Cl. The van der Waals surface area contributed by atoms with Crippen LogP contribution in [0.1, 0.15) is 17.2 Å². The lowest BCUT2D eigenvalue weighted by atomic mass is 10.0. The van der Waals surface area contributed by atoms with Gasteiger partial charge in [0.1, 0.15) is 0 Å². The number of benzene rings is 1. The fourth-order valence-electron chi connectivity index (χ4n) is 1.52. The second kappa shape index (κ2) is 6.78. The second-order valence-corrected chi connectivity index (χ2v) is 5.09. The molecule has 1 unspecified atom stereocenters. The second-order valence-electron chi connectivity index (χ2n) is 4.24. The minimum Gasteiger partial charge on any atom is -0.397 e. The van der Waals surface area contributed by atoms with E-state index in [1.54, 1.807) is 19.0 Å². The van der Waals surface area contributed by atoms with Gasteiger partial charge in [-0.05, 0) is 47.7 Å². The molecule has 3 N–H and O–H groups in total. The Morgan fingerprint density at radius 3 is 2.32 bits per heavy atom. The number of aliphatic hydroxyl groups excluding tert-OH is 1. The van der Waals surface area contributed by atoms with Crippen LogP contribution in [-0.4, -0.2) is 30.6 Å². The van der Waals surface area contributed by atoms with Gasteiger partial charge in [-0.1, -0.05) is 0 Å². The van der Waals surface area contributed by atoms with Gasteiger partial charge >= 0.3 is 6.18 Å². The maximum atomic E-state index is 12.7. The van der Waals surface area contributed by atoms with Gasteiger partial charge in [-0.2, -0.15) is 13.2 Å². The first-order chi connectivity index (χ1) is 8.12. The zero-order valence-electron chi connectivity index (χ0n) is 10.3. The Labute approximate surface area is 124 Å². The van der Waals surface area contributed by atoms with E-state index in [2.05, 4.69) is 15.9 Å². The molecule has 8 heteroatoms. The lowest BCUT2D eigenvalue weighted by molar-refractivity contribution is -0.137. The highest BCUT2D eigenvalue weighted by atomic mass is 79.9. The molecule has 0 spiro atoms. The molecule has 0 saturated heterocycles. The van der Waals surface area contributed by atoms with E-state index in [4.69, 9.17) is 5.73 Å². The molecule has 1 aromatic rings. The summed E-state index contributed by atoms with van der Waals surface area (Å²) in [6, 6.07) is 2.28. The number of likely N-dealkylation sites (N-methyl/N-ethyl adjacent to an activating group) is 1. The van der Waals surface area contributed by atoms with Crippen LogP contribution in [0.3, 0.4) is 0 Å². The molecule has 110 valence electrons. The Bertz CT molecular complexity index is 441. The third-order valence-electron chi connectivity index (χ3n) is 2.38. The molecule has 1 atom stereocenters. The van der Waals surface area contributed by atoms with Crippen LogP contribution in [-0.2, 0) is 6.18 Å². The van der Waals surface area contributed by atoms with Gasteiger partial charge in [0.05, 0.1) is 17.4 Å². The molecule has 0 aliphatic carbocycles. The summed E-state index contributed by atoms with van der Waals surface area (Å²) in [6.45, 7) is 0.230. The predicted octanol–water partition coefficient (Wildman–Crippen LogP) is 3.07. The average molecular weight is 364 g/mol. The number of nitrogens with two attached hydrogens (primary N) is 1. The number of aliphatic hydroxyl groups is 1. The van der Waals surface area contributed by atoms with Crippen molar-refractivity contribution in [3.8, 4) is 0 Å². The average Bonchev–Trinajstić information content (AvgIpc) is 2.18. The van der Waals surface area contributed by atoms with E-state index in [-0.39, 0.29) is 34.7 Å². The van der Waals surface area contributed by atoms with Crippen LogP contribution in [0.5, 0.6) is 0 Å². The van der Waals surface area contributed by atoms with Gasteiger partial charge in [0.15, 0.2) is 0 Å². The molecule has 0 radical (unpaired) electrons. The van der Waals surface area contributed by atoms with Crippen molar-refractivity contribution in [3.63, 3.8) is 0 Å². The van der Waals surface area contributed by atoms with Gasteiger partial charge in [0, 0.05) is 11.0 Å². The topological polar surface area (TPSA) is 49.5 Å². The van der Waals surface area contributed by atoms with Gasteiger partial charge in [-0.3, -0.25) is 0 Å². The van der Waals surface area contributed by atoms with Gasteiger partial charge in [0.25, 0.3) is 0 Å². The summed E-state index contributed by atoms with van der Waals surface area (Å²) in [6.07, 6.45) is -5.54. The van der Waals surface area contributed by atoms with Gasteiger partial charge < -0.3 is 15.7 Å². The van der Waals surface area contributed by atoms with Crippen LogP contribution in [0, 0.1) is 0 Å². The van der Waals surface area contributed by atoms with Gasteiger partial charge in [0.2, 0.25) is 0 Å². The normalized spacial score (nSPS) is 13.3. The number of rotatable bonds is 3.